The average Bonchev–Trinajstić information content (AvgIpc) is 2.08. The first-order valence-electron chi connectivity index (χ1n) is 3.95. The van der Waals surface area contributed by atoms with E-state index in [9.17, 15) is 0 Å². The minimum atomic E-state index is -1.73. The monoisotopic (exact) mass is 214 g/mol. The van der Waals surface area contributed by atoms with Gasteiger partial charge in [0.25, 0.3) is 0 Å². The molecule has 0 aromatic carbocycles. The Morgan fingerprint density at radius 2 is 1.82 bits per heavy atom. The molecule has 1 aromatic heterocycles. The van der Waals surface area contributed by atoms with Crippen LogP contribution in [0.4, 0.5) is 0 Å². The molecule has 1 aromatic rings. The van der Waals surface area contributed by atoms with E-state index in [2.05, 4.69) is 45.9 Å². The van der Waals surface area contributed by atoms with Gasteiger partial charge in [0.05, 0.1) is 0 Å². The first-order chi connectivity index (χ1) is 4.91. The van der Waals surface area contributed by atoms with Crippen molar-refractivity contribution in [2.45, 2.75) is 31.1 Å². The SMILES string of the molecule is Cc1cc(C)[n]([Ge]([CH3])([CH3])[CH3])n1. The maximum absolute atomic E-state index is 4.48. The van der Waals surface area contributed by atoms with Crippen LogP contribution in [0.5, 0.6) is 0 Å². The van der Waals surface area contributed by atoms with Crippen molar-refractivity contribution < 1.29 is 0 Å². The molecule has 0 aliphatic carbocycles. The van der Waals surface area contributed by atoms with E-state index in [0.717, 1.165) is 5.69 Å². The molecule has 0 spiro atoms. The molecule has 1 heterocycles. The molecule has 0 aliphatic heterocycles. The molecular formula is C8H16GeN2. The van der Waals surface area contributed by atoms with Crippen LogP contribution in [0.2, 0.25) is 17.3 Å². The summed E-state index contributed by atoms with van der Waals surface area (Å²) in [5.74, 6) is 7.04. The van der Waals surface area contributed by atoms with Crippen LogP contribution in [-0.2, 0) is 0 Å². The van der Waals surface area contributed by atoms with Gasteiger partial charge in [0.2, 0.25) is 0 Å². The van der Waals surface area contributed by atoms with Gasteiger partial charge in [-0.1, -0.05) is 0 Å². The Hall–Kier alpha value is -0.247. The van der Waals surface area contributed by atoms with Crippen molar-refractivity contribution in [2.24, 2.45) is 0 Å². The van der Waals surface area contributed by atoms with Gasteiger partial charge >= 0.3 is 70.8 Å². The van der Waals surface area contributed by atoms with Crippen LogP contribution in [0, 0.1) is 13.8 Å². The summed E-state index contributed by atoms with van der Waals surface area (Å²) in [4.78, 5) is 0. The molecule has 62 valence electrons. The third-order valence-corrected chi connectivity index (χ3v) is 5.26. The second-order valence-corrected chi connectivity index (χ2v) is 14.0. The molecule has 0 saturated heterocycles. The Morgan fingerprint density at radius 1 is 1.27 bits per heavy atom. The Morgan fingerprint density at radius 3 is 2.00 bits per heavy atom. The summed E-state index contributed by atoms with van der Waals surface area (Å²) in [6.45, 7) is 4.19. The Kier molecular flexibility index (Phi) is 2.14. The van der Waals surface area contributed by atoms with Gasteiger partial charge in [0.1, 0.15) is 0 Å². The predicted molar refractivity (Wildman–Crippen MR) is 50.4 cm³/mol. The fraction of sp³-hybridized carbons (Fsp3) is 0.625. The van der Waals surface area contributed by atoms with Gasteiger partial charge in [-0.15, -0.1) is 0 Å². The van der Waals surface area contributed by atoms with Crippen molar-refractivity contribution in [1.82, 2.24) is 8.74 Å². The molecule has 0 unspecified atom stereocenters. The number of rotatable bonds is 1. The maximum atomic E-state index is 4.48. The van der Waals surface area contributed by atoms with E-state index in [1.807, 2.05) is 0 Å². The third kappa shape index (κ3) is 1.86. The zero-order valence-electron chi connectivity index (χ0n) is 7.97. The van der Waals surface area contributed by atoms with Gasteiger partial charge < -0.3 is 0 Å². The summed E-state index contributed by atoms with van der Waals surface area (Å²) >= 11 is -1.73. The molecule has 0 radical (unpaired) electrons. The van der Waals surface area contributed by atoms with Crippen LogP contribution in [-0.4, -0.2) is 22.2 Å². The number of aryl methyl sites for hydroxylation is 2. The number of hydrogen-bond acceptors (Lipinski definition) is 1. The number of nitrogens with zero attached hydrogens (tertiary/aromatic N) is 2. The van der Waals surface area contributed by atoms with E-state index in [-0.39, 0.29) is 0 Å². The van der Waals surface area contributed by atoms with E-state index in [1.165, 1.54) is 5.69 Å². The Balaban J connectivity index is 3.13. The fourth-order valence-corrected chi connectivity index (χ4v) is 4.62. The molecular weight excluding hydrogens is 197 g/mol. The van der Waals surface area contributed by atoms with Crippen LogP contribution < -0.4 is 0 Å². The van der Waals surface area contributed by atoms with Gasteiger partial charge in [-0.3, -0.25) is 0 Å². The van der Waals surface area contributed by atoms with Gasteiger partial charge in [0.15, 0.2) is 0 Å². The summed E-state index contributed by atoms with van der Waals surface area (Å²) in [5, 5.41) is 4.48. The van der Waals surface area contributed by atoms with E-state index in [4.69, 9.17) is 0 Å². The quantitative estimate of drug-likeness (QED) is 0.653. The summed E-state index contributed by atoms with van der Waals surface area (Å²) in [6.07, 6.45) is 0. The van der Waals surface area contributed by atoms with Crippen LogP contribution in [0.15, 0.2) is 6.07 Å². The summed E-state index contributed by atoms with van der Waals surface area (Å²) in [7, 11) is 0. The molecule has 0 saturated carbocycles. The molecule has 11 heavy (non-hydrogen) atoms. The van der Waals surface area contributed by atoms with E-state index in [1.54, 1.807) is 0 Å². The van der Waals surface area contributed by atoms with Crippen LogP contribution in [0.3, 0.4) is 0 Å². The summed E-state index contributed by atoms with van der Waals surface area (Å²) < 4.78 is 2.25. The number of hydrogen-bond donors (Lipinski definition) is 0. The van der Waals surface area contributed by atoms with Crippen molar-refractivity contribution in [1.29, 1.82) is 0 Å². The van der Waals surface area contributed by atoms with Crippen molar-refractivity contribution >= 4 is 13.5 Å². The molecule has 3 heteroatoms. The van der Waals surface area contributed by atoms with Crippen molar-refractivity contribution in [3.05, 3.63) is 17.5 Å². The van der Waals surface area contributed by atoms with Crippen molar-refractivity contribution in [3.63, 3.8) is 0 Å². The first kappa shape index (κ1) is 8.85. The zero-order chi connectivity index (χ0) is 8.65. The normalized spacial score (nSPS) is 12.1. The zero-order valence-corrected chi connectivity index (χ0v) is 10.1. The van der Waals surface area contributed by atoms with E-state index < -0.39 is 13.5 Å². The minimum absolute atomic E-state index is 1.14. The van der Waals surface area contributed by atoms with Crippen LogP contribution >= 0.6 is 0 Å². The van der Waals surface area contributed by atoms with Gasteiger partial charge in [-0.2, -0.15) is 0 Å². The summed E-state index contributed by atoms with van der Waals surface area (Å²) in [6, 6.07) is 2.15. The van der Waals surface area contributed by atoms with Crippen molar-refractivity contribution in [2.75, 3.05) is 0 Å². The average molecular weight is 213 g/mol. The molecule has 0 atom stereocenters. The first-order valence-corrected chi connectivity index (χ1v) is 11.2. The van der Waals surface area contributed by atoms with E-state index >= 15 is 0 Å². The Bertz CT molecular complexity index is 258. The second kappa shape index (κ2) is 2.66. The molecule has 0 N–H and O–H groups in total. The molecule has 0 amide bonds. The molecule has 0 aliphatic rings. The molecule has 0 bridgehead atoms. The van der Waals surface area contributed by atoms with Gasteiger partial charge in [-0.25, -0.2) is 0 Å². The van der Waals surface area contributed by atoms with Crippen LogP contribution in [0.1, 0.15) is 11.4 Å². The summed E-state index contributed by atoms with van der Waals surface area (Å²) in [5.41, 5.74) is 2.46. The fourth-order valence-electron chi connectivity index (χ4n) is 1.31. The topological polar surface area (TPSA) is 17.8 Å². The molecule has 2 nitrogen and oxygen atoms in total. The van der Waals surface area contributed by atoms with E-state index in [0.29, 0.717) is 0 Å². The third-order valence-electron chi connectivity index (χ3n) is 1.65. The van der Waals surface area contributed by atoms with Gasteiger partial charge in [0, 0.05) is 0 Å². The Labute approximate surface area is 71.2 Å². The van der Waals surface area contributed by atoms with Crippen LogP contribution in [0.25, 0.3) is 0 Å². The number of aromatic nitrogens is 2. The second-order valence-electron chi connectivity index (χ2n) is 4.01. The predicted octanol–water partition coefficient (Wildman–Crippen LogP) is 2.18. The molecule has 0 fully saturated rings. The standard InChI is InChI=1S/C8H16GeN2/c1-7-6-8(2)11(10-7)9(3,4)5/h6H,1-5H3. The van der Waals surface area contributed by atoms with Gasteiger partial charge in [-0.05, 0) is 0 Å². The molecule has 1 rings (SSSR count). The van der Waals surface area contributed by atoms with Crippen molar-refractivity contribution in [3.8, 4) is 0 Å².